The van der Waals surface area contributed by atoms with Crippen molar-refractivity contribution >= 4 is 5.97 Å². The monoisotopic (exact) mass is 631 g/mol. The van der Waals surface area contributed by atoms with Gasteiger partial charge in [0.1, 0.15) is 6.10 Å². The lowest BCUT2D eigenvalue weighted by atomic mass is 10.1. The minimum atomic E-state index is -0.542. The Balaban J connectivity index is 3.47. The average molecular weight is 631 g/mol. The largest absolute Gasteiger partial charge is 0.457 e. The Bertz CT molecular complexity index is 708. The van der Waals surface area contributed by atoms with Crippen molar-refractivity contribution < 1.29 is 19.4 Å². The zero-order valence-electron chi connectivity index (χ0n) is 29.9. The van der Waals surface area contributed by atoms with Crippen LogP contribution in [-0.2, 0) is 14.3 Å². The number of aliphatic hydroxyl groups is 1. The van der Waals surface area contributed by atoms with E-state index in [0.29, 0.717) is 13.0 Å². The Morgan fingerprint density at radius 3 is 1.53 bits per heavy atom. The molecule has 0 fully saturated rings. The van der Waals surface area contributed by atoms with Crippen molar-refractivity contribution in [2.75, 3.05) is 19.8 Å². The molecule has 1 unspecified atom stereocenters. The first-order valence-corrected chi connectivity index (χ1v) is 19.2. The summed E-state index contributed by atoms with van der Waals surface area (Å²) in [7, 11) is 0. The highest BCUT2D eigenvalue weighted by molar-refractivity contribution is 5.69. The average Bonchev–Trinajstić information content (AvgIpc) is 3.05. The van der Waals surface area contributed by atoms with Gasteiger partial charge in [-0.2, -0.15) is 0 Å². The van der Waals surface area contributed by atoms with Crippen LogP contribution in [0.25, 0.3) is 0 Å². The summed E-state index contributed by atoms with van der Waals surface area (Å²) in [4.78, 5) is 12.2. The van der Waals surface area contributed by atoms with Crippen molar-refractivity contribution in [3.05, 3.63) is 48.6 Å². The topological polar surface area (TPSA) is 55.8 Å². The molecular weight excluding hydrogens is 556 g/mol. The minimum absolute atomic E-state index is 0.179. The molecule has 0 bridgehead atoms. The number of carbonyl (C=O) groups excluding carboxylic acids is 1. The van der Waals surface area contributed by atoms with Crippen LogP contribution in [0.1, 0.15) is 181 Å². The van der Waals surface area contributed by atoms with Gasteiger partial charge in [-0.15, -0.1) is 0 Å². The van der Waals surface area contributed by atoms with Crippen LogP contribution in [0.2, 0.25) is 0 Å². The maximum atomic E-state index is 12.2. The molecular formula is C41H74O4. The molecule has 0 aliphatic carbocycles. The van der Waals surface area contributed by atoms with Gasteiger partial charge in [0.25, 0.3) is 0 Å². The Labute approximate surface area is 280 Å². The number of hydrogen-bond acceptors (Lipinski definition) is 4. The summed E-state index contributed by atoms with van der Waals surface area (Å²) in [6, 6.07) is 0. The molecule has 0 aliphatic rings. The van der Waals surface area contributed by atoms with E-state index in [2.05, 4.69) is 62.5 Å². The first kappa shape index (κ1) is 43.4. The summed E-state index contributed by atoms with van der Waals surface area (Å²) in [5.74, 6) is -0.214. The number of allylic oxidation sites excluding steroid dienone is 8. The predicted molar refractivity (Wildman–Crippen MR) is 196 cm³/mol. The number of rotatable bonds is 35. The van der Waals surface area contributed by atoms with Crippen LogP contribution >= 0.6 is 0 Å². The van der Waals surface area contributed by atoms with Crippen LogP contribution < -0.4 is 0 Å². The lowest BCUT2D eigenvalue weighted by molar-refractivity contribution is -0.154. The molecule has 1 N–H and O–H groups in total. The molecule has 0 aromatic heterocycles. The molecule has 0 spiro atoms. The smallest absolute Gasteiger partial charge is 0.306 e. The third kappa shape index (κ3) is 36.7. The van der Waals surface area contributed by atoms with Gasteiger partial charge in [-0.3, -0.25) is 4.79 Å². The van der Waals surface area contributed by atoms with Gasteiger partial charge >= 0.3 is 5.97 Å². The zero-order valence-corrected chi connectivity index (χ0v) is 29.9. The van der Waals surface area contributed by atoms with E-state index in [1.807, 2.05) is 0 Å². The Kier molecular flexibility index (Phi) is 37.1. The maximum Gasteiger partial charge on any atom is 0.306 e. The predicted octanol–water partition coefficient (Wildman–Crippen LogP) is 12.3. The van der Waals surface area contributed by atoms with E-state index in [9.17, 15) is 9.90 Å². The third-order valence-corrected chi connectivity index (χ3v) is 8.14. The lowest BCUT2D eigenvalue weighted by Crippen LogP contribution is -2.27. The number of aliphatic hydroxyl groups excluding tert-OH is 1. The highest BCUT2D eigenvalue weighted by Crippen LogP contribution is 2.12. The quantitative estimate of drug-likeness (QED) is 0.0430. The van der Waals surface area contributed by atoms with E-state index in [1.54, 1.807) is 0 Å². The summed E-state index contributed by atoms with van der Waals surface area (Å²) in [5.41, 5.74) is 0. The van der Waals surface area contributed by atoms with Crippen molar-refractivity contribution in [2.45, 2.75) is 187 Å². The zero-order chi connectivity index (χ0) is 32.7. The number of unbranched alkanes of at least 4 members (excludes halogenated alkanes) is 19. The molecule has 0 aromatic carbocycles. The molecule has 0 radical (unpaired) electrons. The fourth-order valence-electron chi connectivity index (χ4n) is 5.28. The molecule has 0 aliphatic heterocycles. The second-order valence-electron chi connectivity index (χ2n) is 12.6. The second kappa shape index (κ2) is 38.5. The summed E-state index contributed by atoms with van der Waals surface area (Å²) in [5, 5.41) is 9.57. The van der Waals surface area contributed by atoms with Crippen LogP contribution in [0.3, 0.4) is 0 Å². The third-order valence-electron chi connectivity index (χ3n) is 8.14. The fraction of sp³-hybridized carbons (Fsp3) is 0.780. The van der Waals surface area contributed by atoms with Gasteiger partial charge in [0, 0.05) is 13.0 Å². The van der Waals surface area contributed by atoms with Gasteiger partial charge < -0.3 is 14.6 Å². The van der Waals surface area contributed by atoms with E-state index < -0.39 is 6.10 Å². The van der Waals surface area contributed by atoms with Crippen molar-refractivity contribution in [3.8, 4) is 0 Å². The van der Waals surface area contributed by atoms with Crippen molar-refractivity contribution in [1.82, 2.24) is 0 Å². The van der Waals surface area contributed by atoms with E-state index in [1.165, 1.54) is 122 Å². The molecule has 0 saturated carbocycles. The summed E-state index contributed by atoms with van der Waals surface area (Å²) in [6.45, 7) is 5.21. The summed E-state index contributed by atoms with van der Waals surface area (Å²) in [6.07, 6.45) is 48.7. The second-order valence-corrected chi connectivity index (χ2v) is 12.6. The van der Waals surface area contributed by atoms with E-state index in [-0.39, 0.29) is 19.2 Å². The lowest BCUT2D eigenvalue weighted by Gasteiger charge is -2.15. The molecule has 4 heteroatoms. The molecule has 4 nitrogen and oxygen atoms in total. The Morgan fingerprint density at radius 1 is 0.556 bits per heavy atom. The molecule has 0 aromatic rings. The van der Waals surface area contributed by atoms with Crippen LogP contribution in [0.4, 0.5) is 0 Å². The van der Waals surface area contributed by atoms with E-state index >= 15 is 0 Å². The standard InChI is InChI=1S/C41H74O4/c1-3-5-7-9-11-13-15-17-19-21-22-24-26-28-30-32-34-36-41(43)45-40(38-42)39-44-37-35-33-31-29-27-25-23-20-18-16-14-12-10-8-6-4-2/h5,7,11,13,17-20,40,42H,3-4,6,8-10,12,14-16,21-39H2,1-2H3/b7-5-,13-11-,19-17-,20-18-. The van der Waals surface area contributed by atoms with Crippen LogP contribution in [0.5, 0.6) is 0 Å². The Morgan fingerprint density at radius 2 is 1.00 bits per heavy atom. The number of carbonyl (C=O) groups is 1. The van der Waals surface area contributed by atoms with Gasteiger partial charge in [-0.25, -0.2) is 0 Å². The van der Waals surface area contributed by atoms with Crippen LogP contribution in [0.15, 0.2) is 48.6 Å². The molecule has 0 amide bonds. The highest BCUT2D eigenvalue weighted by Gasteiger charge is 2.13. The fourth-order valence-corrected chi connectivity index (χ4v) is 5.28. The molecule has 0 rings (SSSR count). The number of ether oxygens (including phenoxy) is 2. The SMILES string of the molecule is CC/C=C\C/C=C\C/C=C\CCCCCCCCCC(=O)OC(CO)COCCCCCCCC/C=C\CCCCCCCC. The normalized spacial score (nSPS) is 12.9. The van der Waals surface area contributed by atoms with Crippen molar-refractivity contribution in [1.29, 1.82) is 0 Å². The van der Waals surface area contributed by atoms with Gasteiger partial charge in [0.2, 0.25) is 0 Å². The van der Waals surface area contributed by atoms with Gasteiger partial charge in [0.15, 0.2) is 0 Å². The summed E-state index contributed by atoms with van der Waals surface area (Å²) < 4.78 is 11.1. The first-order valence-electron chi connectivity index (χ1n) is 19.2. The van der Waals surface area contributed by atoms with E-state index in [4.69, 9.17) is 9.47 Å². The molecule has 262 valence electrons. The minimum Gasteiger partial charge on any atom is -0.457 e. The maximum absolute atomic E-state index is 12.2. The molecule has 0 heterocycles. The van der Waals surface area contributed by atoms with Gasteiger partial charge in [0.05, 0.1) is 13.2 Å². The molecule has 45 heavy (non-hydrogen) atoms. The van der Waals surface area contributed by atoms with Crippen molar-refractivity contribution in [3.63, 3.8) is 0 Å². The van der Waals surface area contributed by atoms with E-state index in [0.717, 1.165) is 38.5 Å². The highest BCUT2D eigenvalue weighted by atomic mass is 16.6. The number of esters is 1. The summed E-state index contributed by atoms with van der Waals surface area (Å²) >= 11 is 0. The van der Waals surface area contributed by atoms with Gasteiger partial charge in [-0.05, 0) is 70.6 Å². The Hall–Kier alpha value is -1.65. The van der Waals surface area contributed by atoms with Crippen LogP contribution in [-0.4, -0.2) is 37.0 Å². The van der Waals surface area contributed by atoms with Crippen LogP contribution in [0, 0.1) is 0 Å². The molecule has 1 atom stereocenters. The molecule has 0 saturated heterocycles. The first-order chi connectivity index (χ1) is 22.2. The van der Waals surface area contributed by atoms with Crippen molar-refractivity contribution in [2.24, 2.45) is 0 Å². The van der Waals surface area contributed by atoms with Gasteiger partial charge in [-0.1, -0.05) is 152 Å². The number of hydrogen-bond donors (Lipinski definition) is 1.